The van der Waals surface area contributed by atoms with Gasteiger partial charge in [0, 0.05) is 31.7 Å². The number of anilines is 1. The van der Waals surface area contributed by atoms with Gasteiger partial charge in [0.05, 0.1) is 15.1 Å². The van der Waals surface area contributed by atoms with Gasteiger partial charge in [-0.25, -0.2) is 13.4 Å². The average Bonchev–Trinajstić information content (AvgIpc) is 3.38. The van der Waals surface area contributed by atoms with Gasteiger partial charge >= 0.3 is 0 Å². The molecular formula is C29H40N4O3S2. The highest BCUT2D eigenvalue weighted by molar-refractivity contribution is 7.89. The van der Waals surface area contributed by atoms with Crippen molar-refractivity contribution < 1.29 is 13.2 Å². The van der Waals surface area contributed by atoms with Gasteiger partial charge in [-0.3, -0.25) is 9.69 Å². The van der Waals surface area contributed by atoms with Gasteiger partial charge < -0.3 is 4.90 Å². The maximum atomic E-state index is 13.8. The van der Waals surface area contributed by atoms with Crippen molar-refractivity contribution in [3.8, 4) is 0 Å². The lowest BCUT2D eigenvalue weighted by atomic mass is 9.96. The van der Waals surface area contributed by atoms with Crippen molar-refractivity contribution in [2.75, 3.05) is 38.1 Å². The molecule has 1 heterocycles. The van der Waals surface area contributed by atoms with Gasteiger partial charge in [-0.15, -0.1) is 0 Å². The second-order valence-electron chi connectivity index (χ2n) is 10.2. The van der Waals surface area contributed by atoms with Crippen molar-refractivity contribution in [3.63, 3.8) is 0 Å². The van der Waals surface area contributed by atoms with Crippen LogP contribution in [0.3, 0.4) is 0 Å². The van der Waals surface area contributed by atoms with Crippen molar-refractivity contribution in [1.29, 1.82) is 0 Å². The summed E-state index contributed by atoms with van der Waals surface area (Å²) in [6.07, 6.45) is 5.09. The van der Waals surface area contributed by atoms with Crippen molar-refractivity contribution in [3.05, 3.63) is 53.1 Å². The Hall–Kier alpha value is -2.33. The van der Waals surface area contributed by atoms with Crippen LogP contribution in [-0.4, -0.2) is 67.8 Å². The number of sulfonamides is 1. The number of aryl methyl sites for hydroxylation is 2. The molecule has 2 aromatic carbocycles. The fourth-order valence-corrected chi connectivity index (χ4v) is 7.59. The number of carbonyl (C=O) groups is 1. The van der Waals surface area contributed by atoms with Crippen LogP contribution >= 0.6 is 11.3 Å². The van der Waals surface area contributed by atoms with Crippen LogP contribution < -0.4 is 4.90 Å². The molecule has 9 heteroatoms. The number of fused-ring (bicyclic) bond motifs is 1. The van der Waals surface area contributed by atoms with Crippen molar-refractivity contribution in [1.82, 2.24) is 14.2 Å². The van der Waals surface area contributed by atoms with E-state index in [2.05, 4.69) is 44.7 Å². The lowest BCUT2D eigenvalue weighted by Crippen LogP contribution is -2.39. The monoisotopic (exact) mass is 556 g/mol. The normalized spacial score (nSPS) is 15.0. The number of carbonyl (C=O) groups excluding carboxylic acids is 1. The second-order valence-corrected chi connectivity index (χ2v) is 13.2. The Labute approximate surface area is 231 Å². The lowest BCUT2D eigenvalue weighted by molar-refractivity contribution is 0.0983. The molecule has 0 N–H and O–H groups in total. The third-order valence-corrected chi connectivity index (χ3v) is 10.9. The summed E-state index contributed by atoms with van der Waals surface area (Å²) in [4.78, 5) is 23.0. The summed E-state index contributed by atoms with van der Waals surface area (Å²) >= 11 is 1.52. The van der Waals surface area contributed by atoms with Crippen molar-refractivity contribution in [2.45, 2.75) is 70.7 Å². The van der Waals surface area contributed by atoms with Gasteiger partial charge in [-0.05, 0) is 81.2 Å². The van der Waals surface area contributed by atoms with Crippen LogP contribution in [0, 0.1) is 13.8 Å². The van der Waals surface area contributed by atoms with Gasteiger partial charge in [0.15, 0.2) is 5.13 Å². The Morgan fingerprint density at radius 1 is 0.974 bits per heavy atom. The smallest absolute Gasteiger partial charge is 0.260 e. The molecule has 0 unspecified atom stereocenters. The standard InChI is InChI=1S/C29H40N4O3S2/c1-6-32(7-2)19-20-33(29-30-27-22(4)21(3)13-18-26(27)37-29)28(34)23-14-16-25(17-15-23)38(35,36)31(5)24-11-9-8-10-12-24/h13-18,24H,6-12,19-20H2,1-5H3. The maximum absolute atomic E-state index is 13.8. The Balaban J connectivity index is 1.62. The van der Waals surface area contributed by atoms with Gasteiger partial charge in [0.2, 0.25) is 10.0 Å². The molecule has 3 aromatic rings. The predicted molar refractivity (Wildman–Crippen MR) is 157 cm³/mol. The summed E-state index contributed by atoms with van der Waals surface area (Å²) in [5.41, 5.74) is 3.68. The molecule has 0 bridgehead atoms. The van der Waals surface area contributed by atoms with Crippen molar-refractivity contribution in [2.24, 2.45) is 0 Å². The molecule has 1 saturated carbocycles. The molecule has 0 radical (unpaired) electrons. The molecule has 4 rings (SSSR count). The predicted octanol–water partition coefficient (Wildman–Crippen LogP) is 5.85. The zero-order chi connectivity index (χ0) is 27.4. The number of hydrogen-bond donors (Lipinski definition) is 0. The zero-order valence-corrected chi connectivity index (χ0v) is 24.9. The first kappa shape index (κ1) is 28.7. The van der Waals surface area contributed by atoms with E-state index in [4.69, 9.17) is 4.98 Å². The molecule has 1 amide bonds. The van der Waals surface area contributed by atoms with Gasteiger partial charge in [-0.2, -0.15) is 4.31 Å². The Morgan fingerprint density at radius 2 is 1.63 bits per heavy atom. The topological polar surface area (TPSA) is 73.8 Å². The molecule has 0 atom stereocenters. The minimum Gasteiger partial charge on any atom is -0.302 e. The first-order chi connectivity index (χ1) is 18.2. The first-order valence-electron chi connectivity index (χ1n) is 13.7. The van der Waals surface area contributed by atoms with E-state index >= 15 is 0 Å². The van der Waals surface area contributed by atoms with E-state index in [0.717, 1.165) is 61.1 Å². The van der Waals surface area contributed by atoms with Gasteiger partial charge in [0.1, 0.15) is 0 Å². The summed E-state index contributed by atoms with van der Waals surface area (Å²) < 4.78 is 29.1. The molecule has 206 valence electrons. The minimum atomic E-state index is -3.62. The second kappa shape index (κ2) is 12.2. The van der Waals surface area contributed by atoms with E-state index in [1.54, 1.807) is 36.2 Å². The number of nitrogens with zero attached hydrogens (tertiary/aromatic N) is 4. The lowest BCUT2D eigenvalue weighted by Gasteiger charge is -2.30. The summed E-state index contributed by atoms with van der Waals surface area (Å²) in [6.45, 7) is 11.4. The quantitative estimate of drug-likeness (QED) is 0.313. The van der Waals surface area contributed by atoms with E-state index in [0.29, 0.717) is 17.2 Å². The highest BCUT2D eigenvalue weighted by atomic mass is 32.2. The summed E-state index contributed by atoms with van der Waals surface area (Å²) in [5.74, 6) is -0.171. The Kier molecular flexibility index (Phi) is 9.23. The molecule has 0 spiro atoms. The van der Waals surface area contributed by atoms with E-state index in [9.17, 15) is 13.2 Å². The summed E-state index contributed by atoms with van der Waals surface area (Å²) in [5, 5.41) is 0.666. The molecule has 1 fully saturated rings. The molecule has 38 heavy (non-hydrogen) atoms. The van der Waals surface area contributed by atoms with Crippen LogP contribution in [0.4, 0.5) is 5.13 Å². The van der Waals surface area contributed by atoms with Gasteiger partial charge in [0.25, 0.3) is 5.91 Å². The van der Waals surface area contributed by atoms with E-state index in [-0.39, 0.29) is 16.8 Å². The number of likely N-dealkylation sites (N-methyl/N-ethyl adjacent to an activating group) is 1. The number of aromatic nitrogens is 1. The zero-order valence-electron chi connectivity index (χ0n) is 23.2. The van der Waals surface area contributed by atoms with Crippen LogP contribution in [-0.2, 0) is 10.0 Å². The Bertz CT molecular complexity index is 1360. The molecule has 1 aromatic heterocycles. The van der Waals surface area contributed by atoms with E-state index in [1.807, 2.05) is 0 Å². The molecule has 1 aliphatic rings. The first-order valence-corrected chi connectivity index (χ1v) is 15.9. The number of benzene rings is 2. The molecular weight excluding hydrogens is 516 g/mol. The average molecular weight is 557 g/mol. The Morgan fingerprint density at radius 3 is 2.26 bits per heavy atom. The van der Waals surface area contributed by atoms with E-state index < -0.39 is 10.0 Å². The fourth-order valence-electron chi connectivity index (χ4n) is 5.13. The van der Waals surface area contributed by atoms with Gasteiger partial charge in [-0.1, -0.05) is 50.5 Å². The van der Waals surface area contributed by atoms with Crippen molar-refractivity contribution >= 4 is 42.6 Å². The van der Waals surface area contributed by atoms with Crippen LogP contribution in [0.1, 0.15) is 67.4 Å². The SMILES string of the molecule is CCN(CC)CCN(C(=O)c1ccc(S(=O)(=O)N(C)C2CCCCC2)cc1)c1nc2c(C)c(C)ccc2s1. The third kappa shape index (κ3) is 5.96. The molecule has 1 aliphatic carbocycles. The van der Waals surface area contributed by atoms with E-state index in [1.165, 1.54) is 27.6 Å². The molecule has 0 saturated heterocycles. The van der Waals surface area contributed by atoms with Crippen LogP contribution in [0.5, 0.6) is 0 Å². The summed E-state index contributed by atoms with van der Waals surface area (Å²) in [7, 11) is -1.94. The van der Waals surface area contributed by atoms with Crippen LogP contribution in [0.25, 0.3) is 10.2 Å². The number of rotatable bonds is 10. The maximum Gasteiger partial charge on any atom is 0.260 e. The largest absolute Gasteiger partial charge is 0.302 e. The third-order valence-electron chi connectivity index (χ3n) is 7.95. The minimum absolute atomic E-state index is 0.0387. The van der Waals surface area contributed by atoms with Crippen LogP contribution in [0.15, 0.2) is 41.3 Å². The molecule has 7 nitrogen and oxygen atoms in total. The number of hydrogen-bond acceptors (Lipinski definition) is 6. The number of thiazole rings is 1. The highest BCUT2D eigenvalue weighted by Crippen LogP contribution is 2.33. The molecule has 0 aliphatic heterocycles. The fraction of sp³-hybridized carbons (Fsp3) is 0.517. The summed E-state index contributed by atoms with van der Waals surface area (Å²) in [6, 6.07) is 10.6. The van der Waals surface area contributed by atoms with Crippen LogP contribution in [0.2, 0.25) is 0 Å². The number of amides is 1. The highest BCUT2D eigenvalue weighted by Gasteiger charge is 2.29.